The lowest BCUT2D eigenvalue weighted by Crippen LogP contribution is -2.34. The van der Waals surface area contributed by atoms with Crippen LogP contribution in [-0.4, -0.2) is 17.8 Å². The Hall–Kier alpha value is -2.76. The highest BCUT2D eigenvalue weighted by Gasteiger charge is 2.42. The fourth-order valence-corrected chi connectivity index (χ4v) is 4.39. The van der Waals surface area contributed by atoms with Crippen molar-refractivity contribution in [1.29, 1.82) is 0 Å². The summed E-state index contributed by atoms with van der Waals surface area (Å²) in [5.74, 6) is 0.986. The summed E-state index contributed by atoms with van der Waals surface area (Å²) in [6, 6.07) is 17.6. The van der Waals surface area contributed by atoms with Gasteiger partial charge in [0, 0.05) is 17.0 Å². The summed E-state index contributed by atoms with van der Waals surface area (Å²) < 4.78 is 26.2. The molecule has 0 bridgehead atoms. The molecule has 0 spiro atoms. The maximum Gasteiger partial charge on any atom is 0.218 e. The van der Waals surface area contributed by atoms with Crippen LogP contribution in [0.4, 0.5) is 4.39 Å². The van der Waals surface area contributed by atoms with Crippen LogP contribution >= 0.6 is 23.2 Å². The van der Waals surface area contributed by atoms with Gasteiger partial charge in [0.2, 0.25) is 6.23 Å². The quantitative estimate of drug-likeness (QED) is 0.471. The van der Waals surface area contributed by atoms with Crippen molar-refractivity contribution in [2.24, 2.45) is 5.10 Å². The van der Waals surface area contributed by atoms with Crippen LogP contribution in [0.3, 0.4) is 0 Å². The van der Waals surface area contributed by atoms with Crippen molar-refractivity contribution >= 4 is 28.9 Å². The molecule has 152 valence electrons. The van der Waals surface area contributed by atoms with Gasteiger partial charge in [-0.25, -0.2) is 9.40 Å². The lowest BCUT2D eigenvalue weighted by Gasteiger charge is -2.38. The molecule has 0 saturated carbocycles. The number of benzene rings is 3. The number of hydrogen-bond donors (Lipinski definition) is 0. The van der Waals surface area contributed by atoms with Gasteiger partial charge in [-0.05, 0) is 60.2 Å². The Labute approximate surface area is 183 Å². The molecular formula is C23H17Cl2FN2O2. The second-order valence-corrected chi connectivity index (χ2v) is 8.01. The van der Waals surface area contributed by atoms with Crippen molar-refractivity contribution in [1.82, 2.24) is 5.01 Å². The summed E-state index contributed by atoms with van der Waals surface area (Å²) in [5, 5.41) is 7.50. The molecule has 2 aliphatic rings. The van der Waals surface area contributed by atoms with Gasteiger partial charge in [0.05, 0.1) is 29.4 Å². The summed E-state index contributed by atoms with van der Waals surface area (Å²) in [6.45, 7) is 0. The second-order valence-electron chi connectivity index (χ2n) is 7.16. The first-order chi connectivity index (χ1) is 14.5. The summed E-state index contributed by atoms with van der Waals surface area (Å²) in [4.78, 5) is 0. The maximum atomic E-state index is 14.8. The highest BCUT2D eigenvalue weighted by atomic mass is 35.5. The van der Waals surface area contributed by atoms with Gasteiger partial charge in [0.15, 0.2) is 0 Å². The number of methoxy groups -OCH3 is 1. The summed E-state index contributed by atoms with van der Waals surface area (Å²) >= 11 is 12.6. The van der Waals surface area contributed by atoms with E-state index < -0.39 is 12.0 Å². The van der Waals surface area contributed by atoms with Gasteiger partial charge >= 0.3 is 0 Å². The molecule has 0 amide bonds. The Morgan fingerprint density at radius 3 is 2.63 bits per heavy atom. The predicted octanol–water partition coefficient (Wildman–Crippen LogP) is 6.38. The van der Waals surface area contributed by atoms with E-state index in [1.165, 1.54) is 6.07 Å². The summed E-state index contributed by atoms with van der Waals surface area (Å²) in [7, 11) is 1.63. The topological polar surface area (TPSA) is 34.1 Å². The lowest BCUT2D eigenvalue weighted by atomic mass is 9.96. The minimum Gasteiger partial charge on any atom is -0.497 e. The molecule has 3 aromatic rings. The molecule has 0 unspecified atom stereocenters. The predicted molar refractivity (Wildman–Crippen MR) is 115 cm³/mol. The first kappa shape index (κ1) is 19.2. The van der Waals surface area contributed by atoms with Crippen molar-refractivity contribution in [2.75, 3.05) is 7.11 Å². The third-order valence-electron chi connectivity index (χ3n) is 5.42. The van der Waals surface area contributed by atoms with E-state index in [1.54, 1.807) is 30.3 Å². The minimum atomic E-state index is -0.784. The third-order valence-corrected chi connectivity index (χ3v) is 5.99. The maximum absolute atomic E-state index is 14.8. The Bertz CT molecular complexity index is 1130. The van der Waals surface area contributed by atoms with E-state index in [4.69, 9.17) is 37.8 Å². The SMILES string of the molecule is COc1ccc(C2=NN3[C@@H](C2)c2cc(Cl)ccc2O[C@H]3c2c(F)cccc2Cl)cc1. The molecule has 2 heterocycles. The van der Waals surface area contributed by atoms with Crippen molar-refractivity contribution in [3.05, 3.63) is 93.2 Å². The first-order valence-electron chi connectivity index (χ1n) is 9.45. The molecule has 0 radical (unpaired) electrons. The van der Waals surface area contributed by atoms with Crippen molar-refractivity contribution in [3.8, 4) is 11.5 Å². The number of rotatable bonds is 3. The second kappa shape index (κ2) is 7.49. The van der Waals surface area contributed by atoms with Crippen molar-refractivity contribution in [2.45, 2.75) is 18.7 Å². The number of ether oxygens (including phenoxy) is 2. The van der Waals surface area contributed by atoms with Gasteiger partial charge in [-0.2, -0.15) is 5.10 Å². The zero-order valence-corrected chi connectivity index (χ0v) is 17.5. The van der Waals surface area contributed by atoms with Gasteiger partial charge in [0.1, 0.15) is 17.3 Å². The van der Waals surface area contributed by atoms with Crippen LogP contribution < -0.4 is 9.47 Å². The van der Waals surface area contributed by atoms with Gasteiger partial charge < -0.3 is 9.47 Å². The van der Waals surface area contributed by atoms with Crippen LogP contribution in [0.5, 0.6) is 11.5 Å². The van der Waals surface area contributed by atoms with Crippen LogP contribution in [0.1, 0.15) is 35.4 Å². The van der Waals surface area contributed by atoms with Crippen molar-refractivity contribution in [3.63, 3.8) is 0 Å². The normalized spacial score (nSPS) is 19.6. The number of fused-ring (bicyclic) bond motifs is 3. The Morgan fingerprint density at radius 2 is 1.90 bits per heavy atom. The van der Waals surface area contributed by atoms with Gasteiger partial charge in [0.25, 0.3) is 0 Å². The van der Waals surface area contributed by atoms with Crippen LogP contribution in [-0.2, 0) is 0 Å². The lowest BCUT2D eigenvalue weighted by molar-refractivity contribution is -0.0211. The highest BCUT2D eigenvalue weighted by Crippen LogP contribution is 2.49. The number of hydrogen-bond acceptors (Lipinski definition) is 4. The fraction of sp³-hybridized carbons (Fsp3) is 0.174. The van der Waals surface area contributed by atoms with Gasteiger partial charge in [-0.1, -0.05) is 29.3 Å². The number of halogens is 3. The first-order valence-corrected chi connectivity index (χ1v) is 10.2. The molecule has 0 aliphatic carbocycles. The molecule has 0 saturated heterocycles. The monoisotopic (exact) mass is 442 g/mol. The van der Waals surface area contributed by atoms with Gasteiger partial charge in [-0.3, -0.25) is 0 Å². The van der Waals surface area contributed by atoms with Crippen molar-refractivity contribution < 1.29 is 13.9 Å². The standard InChI is InChI=1S/C23H17Cl2FN2O2/c1-29-15-8-5-13(6-9-15)19-12-20-16-11-14(24)7-10-21(16)30-23(28(20)27-19)22-17(25)3-2-4-18(22)26/h2-11,20,23H,12H2,1H3/t20-,23-/m0/s1. The van der Waals surface area contributed by atoms with E-state index in [0.29, 0.717) is 22.2 Å². The molecule has 2 aliphatic heterocycles. The Balaban J connectivity index is 1.62. The fourth-order valence-electron chi connectivity index (χ4n) is 3.95. The smallest absolute Gasteiger partial charge is 0.218 e. The number of nitrogens with zero attached hydrogens (tertiary/aromatic N) is 2. The highest BCUT2D eigenvalue weighted by molar-refractivity contribution is 6.31. The Kier molecular flexibility index (Phi) is 4.80. The van der Waals surface area contributed by atoms with Crippen LogP contribution in [0.25, 0.3) is 0 Å². The summed E-state index contributed by atoms with van der Waals surface area (Å²) in [5.41, 5.74) is 3.02. The molecule has 2 atom stereocenters. The van der Waals surface area contributed by atoms with E-state index in [1.807, 2.05) is 36.4 Å². The van der Waals surface area contributed by atoms with E-state index in [-0.39, 0.29) is 11.6 Å². The van der Waals surface area contributed by atoms with Gasteiger partial charge in [-0.15, -0.1) is 0 Å². The van der Waals surface area contributed by atoms with Crippen LogP contribution in [0, 0.1) is 5.82 Å². The third kappa shape index (κ3) is 3.18. The molecule has 4 nitrogen and oxygen atoms in total. The minimum absolute atomic E-state index is 0.148. The number of hydrazone groups is 1. The molecule has 5 rings (SSSR count). The molecule has 0 fully saturated rings. The van der Waals surface area contributed by atoms with Crippen LogP contribution in [0.15, 0.2) is 65.8 Å². The average Bonchev–Trinajstić information content (AvgIpc) is 3.20. The zero-order valence-electron chi connectivity index (χ0n) is 16.0. The van der Waals surface area contributed by atoms with E-state index in [9.17, 15) is 4.39 Å². The molecule has 7 heteroatoms. The van der Waals surface area contributed by atoms with Crippen LogP contribution in [0.2, 0.25) is 10.0 Å². The molecule has 3 aromatic carbocycles. The van der Waals surface area contributed by atoms with E-state index >= 15 is 0 Å². The average molecular weight is 443 g/mol. The summed E-state index contributed by atoms with van der Waals surface area (Å²) in [6.07, 6.45) is -0.154. The molecule has 0 N–H and O–H groups in total. The Morgan fingerprint density at radius 1 is 1.10 bits per heavy atom. The largest absolute Gasteiger partial charge is 0.497 e. The van der Waals surface area contributed by atoms with E-state index in [2.05, 4.69) is 0 Å². The zero-order chi connectivity index (χ0) is 20.8. The molecule has 0 aromatic heterocycles. The van der Waals surface area contributed by atoms with E-state index in [0.717, 1.165) is 22.6 Å². The molecule has 30 heavy (non-hydrogen) atoms. The molecular weight excluding hydrogens is 426 g/mol.